The number of hydrogen-bond acceptors (Lipinski definition) is 2. The molecule has 0 fully saturated rings. The fourth-order valence-corrected chi connectivity index (χ4v) is 0.990. The molecule has 0 bridgehead atoms. The first kappa shape index (κ1) is 7.40. The summed E-state index contributed by atoms with van der Waals surface area (Å²) in [6.45, 7) is 2.32. The largest absolute Gasteiger partial charge is 0.252 e. The lowest BCUT2D eigenvalue weighted by atomic mass is 10.8. The third-order valence-electron chi connectivity index (χ3n) is 0.450. The lowest BCUT2D eigenvalue weighted by Gasteiger charge is -1.90. The molecule has 0 rings (SSSR count). The Bertz CT molecular complexity index is 62.7. The summed E-state index contributed by atoms with van der Waals surface area (Å²) >= 11 is 6.31. The van der Waals surface area contributed by atoms with E-state index in [0.29, 0.717) is 0 Å². The maximum atomic E-state index is 6.75. The molecule has 1 N–H and O–H groups in total. The van der Waals surface area contributed by atoms with E-state index in [9.17, 15) is 0 Å². The van der Waals surface area contributed by atoms with Crippen molar-refractivity contribution in [2.24, 2.45) is 0 Å². The molecule has 0 amide bonds. The summed E-state index contributed by atoms with van der Waals surface area (Å²) in [5.41, 5.74) is 6.75. The van der Waals surface area contributed by atoms with Gasteiger partial charge in [-0.1, -0.05) is 19.1 Å². The van der Waals surface area contributed by atoms with Crippen LogP contribution in [0.25, 0.3) is 0 Å². The summed E-state index contributed by atoms with van der Waals surface area (Å²) in [6, 6.07) is 0. The van der Waals surface area contributed by atoms with Gasteiger partial charge in [0.1, 0.15) is 0 Å². The van der Waals surface area contributed by atoms with E-state index < -0.39 is 0 Å². The molecule has 0 aromatic carbocycles. The normalized spacial score (nSPS) is 8.86. The first-order valence-electron chi connectivity index (χ1n) is 2.11. The highest BCUT2D eigenvalue weighted by Gasteiger charge is 1.87. The number of thiocarbonyl (C=S) groups is 1. The molecule has 0 aliphatic heterocycles. The van der Waals surface area contributed by atoms with E-state index in [2.05, 4.69) is 0 Å². The summed E-state index contributed by atoms with van der Waals surface area (Å²) in [5, 5.41) is 0. The monoisotopic (exact) mass is 134 g/mol. The van der Waals surface area contributed by atoms with Crippen LogP contribution in [-0.2, 0) is 0 Å². The summed E-state index contributed by atoms with van der Waals surface area (Å²) < 4.78 is 0.794. The van der Waals surface area contributed by atoms with Crippen molar-refractivity contribution in [2.75, 3.05) is 12.3 Å². The van der Waals surface area contributed by atoms with Crippen LogP contribution in [0.5, 0.6) is 0 Å². The van der Waals surface area contributed by atoms with E-state index in [1.165, 1.54) is 0 Å². The number of thioether (sulfide) groups is 1. The standard InChI is InChI=1S/C4H8NS2/c1-2-7-4(6)3-5/h5H,2-3H2,1H3. The predicted molar refractivity (Wildman–Crippen MR) is 38.7 cm³/mol. The van der Waals surface area contributed by atoms with Crippen molar-refractivity contribution < 1.29 is 0 Å². The van der Waals surface area contributed by atoms with E-state index in [1.807, 2.05) is 6.92 Å². The third kappa shape index (κ3) is 4.25. The quantitative estimate of drug-likeness (QED) is 0.532. The summed E-state index contributed by atoms with van der Waals surface area (Å²) in [6.07, 6.45) is 0. The second-order valence-corrected chi connectivity index (χ2v) is 3.09. The Kier molecular flexibility index (Phi) is 4.82. The van der Waals surface area contributed by atoms with Gasteiger partial charge in [0, 0.05) is 0 Å². The Morgan fingerprint density at radius 1 is 1.86 bits per heavy atom. The van der Waals surface area contributed by atoms with Crippen LogP contribution in [0.3, 0.4) is 0 Å². The van der Waals surface area contributed by atoms with Gasteiger partial charge < -0.3 is 0 Å². The molecule has 7 heavy (non-hydrogen) atoms. The highest BCUT2D eigenvalue weighted by molar-refractivity contribution is 8.23. The van der Waals surface area contributed by atoms with Crippen LogP contribution in [-0.4, -0.2) is 16.5 Å². The zero-order valence-corrected chi connectivity index (χ0v) is 5.86. The number of nitrogens with one attached hydrogen (secondary N) is 1. The zero-order chi connectivity index (χ0) is 5.70. The van der Waals surface area contributed by atoms with Gasteiger partial charge in [-0.05, 0) is 5.75 Å². The van der Waals surface area contributed by atoms with Gasteiger partial charge in [0.15, 0.2) is 0 Å². The first-order chi connectivity index (χ1) is 3.31. The number of hydrogen-bond donors (Lipinski definition) is 0. The Labute approximate surface area is 53.7 Å². The Morgan fingerprint density at radius 3 is 2.57 bits per heavy atom. The number of rotatable bonds is 2. The van der Waals surface area contributed by atoms with Crippen molar-refractivity contribution in [3.63, 3.8) is 0 Å². The molecule has 0 saturated heterocycles. The average molecular weight is 134 g/mol. The van der Waals surface area contributed by atoms with Crippen LogP contribution in [0.2, 0.25) is 0 Å². The Morgan fingerprint density at radius 2 is 2.43 bits per heavy atom. The SMILES string of the molecule is CCSC(=S)C[NH]. The molecule has 41 valence electrons. The molecule has 0 aliphatic rings. The van der Waals surface area contributed by atoms with Gasteiger partial charge in [0.2, 0.25) is 0 Å². The van der Waals surface area contributed by atoms with Gasteiger partial charge >= 0.3 is 0 Å². The van der Waals surface area contributed by atoms with Gasteiger partial charge in [0.05, 0.1) is 10.7 Å². The van der Waals surface area contributed by atoms with Gasteiger partial charge in [0.25, 0.3) is 0 Å². The molecular weight excluding hydrogens is 126 g/mol. The highest BCUT2D eigenvalue weighted by Crippen LogP contribution is 2.00. The van der Waals surface area contributed by atoms with Gasteiger partial charge in [-0.15, -0.1) is 11.8 Å². The van der Waals surface area contributed by atoms with Crippen molar-refractivity contribution in [1.29, 1.82) is 0 Å². The molecular formula is C4H8NS2. The molecule has 1 nitrogen and oxygen atoms in total. The van der Waals surface area contributed by atoms with E-state index in [-0.39, 0.29) is 6.54 Å². The Balaban J connectivity index is 3.00. The molecule has 0 aromatic heterocycles. The third-order valence-corrected chi connectivity index (χ3v) is 1.70. The predicted octanol–water partition coefficient (Wildman–Crippen LogP) is 1.35. The van der Waals surface area contributed by atoms with E-state index >= 15 is 0 Å². The average Bonchev–Trinajstić information content (AvgIpc) is 1.68. The van der Waals surface area contributed by atoms with Crippen LogP contribution in [0.15, 0.2) is 0 Å². The molecule has 0 atom stereocenters. The van der Waals surface area contributed by atoms with Gasteiger partial charge in [-0.25, -0.2) is 0 Å². The fourth-order valence-electron chi connectivity index (χ4n) is 0.212. The van der Waals surface area contributed by atoms with Crippen LogP contribution in [0.4, 0.5) is 0 Å². The minimum Gasteiger partial charge on any atom is -0.252 e. The molecule has 3 heteroatoms. The minimum atomic E-state index is 0.286. The fraction of sp³-hybridized carbons (Fsp3) is 0.750. The maximum absolute atomic E-state index is 6.75. The van der Waals surface area contributed by atoms with Gasteiger partial charge in [-0.2, -0.15) is 0 Å². The van der Waals surface area contributed by atoms with Crippen LogP contribution >= 0.6 is 24.0 Å². The van der Waals surface area contributed by atoms with Crippen LogP contribution in [0, 0.1) is 0 Å². The van der Waals surface area contributed by atoms with Crippen LogP contribution in [0.1, 0.15) is 6.92 Å². The van der Waals surface area contributed by atoms with Crippen LogP contribution < -0.4 is 5.73 Å². The molecule has 0 aromatic rings. The maximum Gasteiger partial charge on any atom is 0.0631 e. The molecule has 1 radical (unpaired) electrons. The van der Waals surface area contributed by atoms with Crippen molar-refractivity contribution in [3.8, 4) is 0 Å². The molecule has 0 spiro atoms. The second-order valence-electron chi connectivity index (χ2n) is 0.982. The highest BCUT2D eigenvalue weighted by atomic mass is 32.2. The van der Waals surface area contributed by atoms with Crippen molar-refractivity contribution in [2.45, 2.75) is 6.92 Å². The Hall–Kier alpha value is 0.400. The van der Waals surface area contributed by atoms with Crippen molar-refractivity contribution >= 4 is 28.2 Å². The molecule has 0 unspecified atom stereocenters. The van der Waals surface area contributed by atoms with E-state index in [4.69, 9.17) is 18.0 Å². The molecule has 0 heterocycles. The smallest absolute Gasteiger partial charge is 0.0631 e. The first-order valence-corrected chi connectivity index (χ1v) is 3.50. The van der Waals surface area contributed by atoms with Gasteiger partial charge in [-0.3, -0.25) is 5.73 Å². The topological polar surface area (TPSA) is 23.8 Å². The van der Waals surface area contributed by atoms with Crippen molar-refractivity contribution in [1.82, 2.24) is 5.73 Å². The molecule has 0 saturated carbocycles. The zero-order valence-electron chi connectivity index (χ0n) is 4.23. The second kappa shape index (κ2) is 4.56. The minimum absolute atomic E-state index is 0.286. The lowest BCUT2D eigenvalue weighted by molar-refractivity contribution is 1.28. The summed E-state index contributed by atoms with van der Waals surface area (Å²) in [4.78, 5) is 0. The van der Waals surface area contributed by atoms with Crippen molar-refractivity contribution in [3.05, 3.63) is 0 Å². The summed E-state index contributed by atoms with van der Waals surface area (Å²) in [5.74, 6) is 0.998. The molecule has 0 aliphatic carbocycles. The van der Waals surface area contributed by atoms with E-state index in [0.717, 1.165) is 9.95 Å². The lowest BCUT2D eigenvalue weighted by Crippen LogP contribution is -1.95. The summed E-state index contributed by atoms with van der Waals surface area (Å²) in [7, 11) is 0. The van der Waals surface area contributed by atoms with E-state index in [1.54, 1.807) is 11.8 Å².